The van der Waals surface area contributed by atoms with Crippen LogP contribution in [0.15, 0.2) is 46.9 Å². The molecule has 2 aromatic carbocycles. The highest BCUT2D eigenvalue weighted by Crippen LogP contribution is 2.27. The Hall–Kier alpha value is -3.06. The first-order valence-corrected chi connectivity index (χ1v) is 9.02. The van der Waals surface area contributed by atoms with Crippen molar-refractivity contribution in [3.05, 3.63) is 53.4 Å². The fourth-order valence-electron chi connectivity index (χ4n) is 2.56. The van der Waals surface area contributed by atoms with E-state index in [1.54, 1.807) is 24.3 Å². The summed E-state index contributed by atoms with van der Waals surface area (Å²) in [7, 11) is 1.48. The second kappa shape index (κ2) is 8.75. The van der Waals surface area contributed by atoms with Gasteiger partial charge in [0.15, 0.2) is 17.6 Å². The number of fused-ring (bicyclic) bond motifs is 1. The number of hydrogen-bond acceptors (Lipinski definition) is 6. The summed E-state index contributed by atoms with van der Waals surface area (Å²) in [5, 5.41) is 3.09. The second-order valence-electron chi connectivity index (χ2n) is 6.04. The summed E-state index contributed by atoms with van der Waals surface area (Å²) in [6.07, 6.45) is -0.658. The number of benzene rings is 2. The number of hydrogen-bond donors (Lipinski definition) is 1. The van der Waals surface area contributed by atoms with Gasteiger partial charge >= 0.3 is 5.97 Å². The zero-order chi connectivity index (χ0) is 20.1. The summed E-state index contributed by atoms with van der Waals surface area (Å²) in [6, 6.07) is 12.2. The lowest BCUT2D eigenvalue weighted by Crippen LogP contribution is -2.30. The molecule has 0 bridgehead atoms. The van der Waals surface area contributed by atoms with E-state index in [2.05, 4.69) is 10.3 Å². The first-order chi connectivity index (χ1) is 13.5. The molecule has 3 rings (SSSR count). The van der Waals surface area contributed by atoms with Crippen LogP contribution in [0.4, 0.5) is 5.69 Å². The Kier molecular flexibility index (Phi) is 6.16. The molecule has 1 atom stereocenters. The molecule has 1 N–H and O–H groups in total. The molecule has 7 nitrogen and oxygen atoms in total. The molecule has 0 aliphatic carbocycles. The van der Waals surface area contributed by atoms with E-state index >= 15 is 0 Å². The van der Waals surface area contributed by atoms with Gasteiger partial charge in [-0.15, -0.1) is 0 Å². The van der Waals surface area contributed by atoms with E-state index in [0.29, 0.717) is 27.9 Å². The normalized spacial score (nSPS) is 11.8. The van der Waals surface area contributed by atoms with Crippen LogP contribution in [-0.2, 0) is 20.7 Å². The number of nitrogens with zero attached hydrogens (tertiary/aromatic N) is 1. The number of aryl methyl sites for hydroxylation is 1. The number of anilines is 1. The lowest BCUT2D eigenvalue weighted by atomic mass is 10.2. The number of para-hydroxylation sites is 2. The van der Waals surface area contributed by atoms with Crippen LogP contribution >= 0.6 is 11.6 Å². The number of oxazole rings is 1. The van der Waals surface area contributed by atoms with E-state index in [0.717, 1.165) is 5.52 Å². The van der Waals surface area contributed by atoms with E-state index in [1.165, 1.54) is 14.0 Å². The van der Waals surface area contributed by atoms with Gasteiger partial charge in [-0.05, 0) is 37.3 Å². The molecule has 28 heavy (non-hydrogen) atoms. The summed E-state index contributed by atoms with van der Waals surface area (Å²) in [5.41, 5.74) is 1.79. The Labute approximate surface area is 166 Å². The minimum Gasteiger partial charge on any atom is -0.495 e. The third-order valence-corrected chi connectivity index (χ3v) is 4.21. The van der Waals surface area contributed by atoms with Crippen LogP contribution < -0.4 is 10.1 Å². The molecule has 0 radical (unpaired) electrons. The van der Waals surface area contributed by atoms with Crippen LogP contribution in [-0.4, -0.2) is 30.1 Å². The SMILES string of the molecule is COc1ccc(Cl)cc1NC(=O)[C@H](C)OC(=O)CCc1nc2ccccc2o1. The standard InChI is InChI=1S/C20H19ClN2O5/c1-12(20(25)23-15-11-13(21)7-8-16(15)26-2)27-19(24)10-9-18-22-14-5-3-4-6-17(14)28-18/h3-8,11-12H,9-10H2,1-2H3,(H,23,25)/t12-/m0/s1. The van der Waals surface area contributed by atoms with Crippen LogP contribution in [0.1, 0.15) is 19.2 Å². The minimum atomic E-state index is -0.986. The first-order valence-electron chi connectivity index (χ1n) is 8.64. The number of ether oxygens (including phenoxy) is 2. The smallest absolute Gasteiger partial charge is 0.307 e. The molecule has 0 spiro atoms. The van der Waals surface area contributed by atoms with Crippen molar-refractivity contribution in [1.29, 1.82) is 0 Å². The Bertz CT molecular complexity index is 968. The molecule has 0 aliphatic rings. The van der Waals surface area contributed by atoms with Gasteiger partial charge in [-0.3, -0.25) is 9.59 Å². The molecule has 8 heteroatoms. The maximum absolute atomic E-state index is 12.3. The Morgan fingerprint density at radius 3 is 2.79 bits per heavy atom. The quantitative estimate of drug-likeness (QED) is 0.601. The zero-order valence-electron chi connectivity index (χ0n) is 15.4. The van der Waals surface area contributed by atoms with E-state index in [1.807, 2.05) is 18.2 Å². The summed E-state index contributed by atoms with van der Waals surface area (Å²) in [4.78, 5) is 28.7. The van der Waals surface area contributed by atoms with Gasteiger partial charge in [0.25, 0.3) is 5.91 Å². The monoisotopic (exact) mass is 402 g/mol. The summed E-state index contributed by atoms with van der Waals surface area (Å²) >= 11 is 5.94. The average Bonchev–Trinajstić information content (AvgIpc) is 3.09. The molecule has 0 unspecified atom stereocenters. The molecular weight excluding hydrogens is 384 g/mol. The Morgan fingerprint density at radius 1 is 1.25 bits per heavy atom. The van der Waals surface area contributed by atoms with Gasteiger partial charge < -0.3 is 19.2 Å². The molecular formula is C20H19ClN2O5. The van der Waals surface area contributed by atoms with Gasteiger partial charge in [0.2, 0.25) is 0 Å². The number of halogens is 1. The van der Waals surface area contributed by atoms with Crippen molar-refractivity contribution in [3.63, 3.8) is 0 Å². The minimum absolute atomic E-state index is 0.0466. The number of rotatable bonds is 7. The van der Waals surface area contributed by atoms with Crippen molar-refractivity contribution >= 4 is 40.3 Å². The van der Waals surface area contributed by atoms with Gasteiger partial charge in [-0.2, -0.15) is 0 Å². The van der Waals surface area contributed by atoms with Crippen LogP contribution in [0.25, 0.3) is 11.1 Å². The van der Waals surface area contributed by atoms with Gasteiger partial charge in [-0.1, -0.05) is 23.7 Å². The van der Waals surface area contributed by atoms with E-state index in [4.69, 9.17) is 25.5 Å². The number of aromatic nitrogens is 1. The number of carbonyl (C=O) groups excluding carboxylic acids is 2. The summed E-state index contributed by atoms with van der Waals surface area (Å²) in [5.74, 6) is -0.120. The predicted octanol–water partition coefficient (Wildman–Crippen LogP) is 3.99. The molecule has 146 valence electrons. The predicted molar refractivity (Wildman–Crippen MR) is 105 cm³/mol. The highest BCUT2D eigenvalue weighted by atomic mass is 35.5. The van der Waals surface area contributed by atoms with Gasteiger partial charge in [0, 0.05) is 11.4 Å². The number of carbonyl (C=O) groups is 2. The molecule has 1 aromatic heterocycles. The third-order valence-electron chi connectivity index (χ3n) is 3.98. The highest BCUT2D eigenvalue weighted by molar-refractivity contribution is 6.31. The van der Waals surface area contributed by atoms with Crippen molar-refractivity contribution in [1.82, 2.24) is 4.98 Å². The van der Waals surface area contributed by atoms with Gasteiger partial charge in [0.1, 0.15) is 11.3 Å². The maximum atomic E-state index is 12.3. The topological polar surface area (TPSA) is 90.7 Å². The maximum Gasteiger partial charge on any atom is 0.307 e. The largest absolute Gasteiger partial charge is 0.495 e. The van der Waals surface area contributed by atoms with Crippen LogP contribution in [0.3, 0.4) is 0 Å². The molecule has 0 aliphatic heterocycles. The van der Waals surface area contributed by atoms with Crippen LogP contribution in [0.5, 0.6) is 5.75 Å². The van der Waals surface area contributed by atoms with Crippen LogP contribution in [0.2, 0.25) is 5.02 Å². The summed E-state index contributed by atoms with van der Waals surface area (Å²) in [6.45, 7) is 1.49. The Morgan fingerprint density at radius 2 is 2.04 bits per heavy atom. The van der Waals surface area contributed by atoms with E-state index < -0.39 is 18.0 Å². The van der Waals surface area contributed by atoms with Crippen molar-refractivity contribution < 1.29 is 23.5 Å². The number of methoxy groups -OCH3 is 1. The highest BCUT2D eigenvalue weighted by Gasteiger charge is 2.20. The lowest BCUT2D eigenvalue weighted by molar-refractivity contribution is -0.153. The molecule has 0 saturated heterocycles. The fraction of sp³-hybridized carbons (Fsp3) is 0.250. The molecule has 3 aromatic rings. The summed E-state index contributed by atoms with van der Waals surface area (Å²) < 4.78 is 15.9. The number of amides is 1. The average molecular weight is 403 g/mol. The van der Waals surface area contributed by atoms with Crippen molar-refractivity contribution in [3.8, 4) is 5.75 Å². The van der Waals surface area contributed by atoms with Gasteiger partial charge in [-0.25, -0.2) is 4.98 Å². The molecule has 1 amide bonds. The van der Waals surface area contributed by atoms with Crippen molar-refractivity contribution in [2.45, 2.75) is 25.9 Å². The zero-order valence-corrected chi connectivity index (χ0v) is 16.2. The van der Waals surface area contributed by atoms with E-state index in [-0.39, 0.29) is 12.8 Å². The molecule has 0 fully saturated rings. The molecule has 0 saturated carbocycles. The van der Waals surface area contributed by atoms with Crippen molar-refractivity contribution in [2.24, 2.45) is 0 Å². The fourth-order valence-corrected chi connectivity index (χ4v) is 2.73. The number of esters is 1. The number of nitrogens with one attached hydrogen (secondary N) is 1. The second-order valence-corrected chi connectivity index (χ2v) is 6.48. The van der Waals surface area contributed by atoms with Crippen LogP contribution in [0, 0.1) is 0 Å². The Balaban J connectivity index is 1.53. The van der Waals surface area contributed by atoms with Gasteiger partial charge in [0.05, 0.1) is 19.2 Å². The molecule has 1 heterocycles. The first kappa shape index (κ1) is 19.7. The lowest BCUT2D eigenvalue weighted by Gasteiger charge is -2.15. The van der Waals surface area contributed by atoms with Crippen molar-refractivity contribution in [2.75, 3.05) is 12.4 Å². The third kappa shape index (κ3) is 4.80. The van der Waals surface area contributed by atoms with E-state index in [9.17, 15) is 9.59 Å².